The van der Waals surface area contributed by atoms with Crippen LogP contribution in [0.25, 0.3) is 0 Å². The number of pyridine rings is 1. The lowest BCUT2D eigenvalue weighted by molar-refractivity contribution is 0.122. The zero-order valence-electron chi connectivity index (χ0n) is 19.2. The van der Waals surface area contributed by atoms with Crippen molar-refractivity contribution >= 4 is 11.9 Å². The van der Waals surface area contributed by atoms with Crippen LogP contribution in [0.4, 0.5) is 20.7 Å². The predicted octanol–water partition coefficient (Wildman–Crippen LogP) is 1.88. The fourth-order valence-electron chi connectivity index (χ4n) is 3.08. The fraction of sp³-hybridized carbons (Fsp3) is 0.421. The molecule has 158 valence electrons. The molecule has 4 heterocycles. The Bertz CT molecular complexity index is 1120. The van der Waals surface area contributed by atoms with Gasteiger partial charge < -0.3 is 19.5 Å². The first kappa shape index (κ1) is 16.6. The normalized spacial score (nSPS) is 17.2. The summed E-state index contributed by atoms with van der Waals surface area (Å²) < 4.78 is 56.3. The van der Waals surface area contributed by atoms with E-state index < -0.39 is 24.7 Å². The number of morpholine rings is 1. The van der Waals surface area contributed by atoms with E-state index in [4.69, 9.17) is 8.85 Å². The Morgan fingerprint density at radius 2 is 2.07 bits per heavy atom. The smallest absolute Gasteiger partial charge is 0.230 e. The third-order valence-electron chi connectivity index (χ3n) is 4.53. The molecule has 30 heavy (non-hydrogen) atoms. The summed E-state index contributed by atoms with van der Waals surface area (Å²) in [6.07, 6.45) is 3.75. The molecule has 0 aliphatic carbocycles. The number of imidazole rings is 1. The van der Waals surface area contributed by atoms with Gasteiger partial charge in [-0.1, -0.05) is 0 Å². The molecule has 0 amide bonds. The SMILES string of the molecule is [2H]C([2H])([2H])n1cnc(Cc2nc(NC(C)c3ncc(F)cc3F)nc(N3CCOCC3)n2)c1. The second-order valence-corrected chi connectivity index (χ2v) is 6.81. The van der Waals surface area contributed by atoms with Crippen LogP contribution in [0.5, 0.6) is 0 Å². The Hall–Kier alpha value is -3.21. The Balaban J connectivity index is 1.62. The summed E-state index contributed by atoms with van der Waals surface area (Å²) in [5, 5.41) is 2.99. The summed E-state index contributed by atoms with van der Waals surface area (Å²) in [5.41, 5.74) is 0.484. The van der Waals surface area contributed by atoms with Gasteiger partial charge in [0.05, 0.1) is 49.6 Å². The van der Waals surface area contributed by atoms with Crippen molar-refractivity contribution < 1.29 is 17.6 Å². The average molecular weight is 419 g/mol. The van der Waals surface area contributed by atoms with E-state index in [1.807, 2.05) is 4.90 Å². The van der Waals surface area contributed by atoms with E-state index in [-0.39, 0.29) is 18.1 Å². The maximum Gasteiger partial charge on any atom is 0.230 e. The van der Waals surface area contributed by atoms with Gasteiger partial charge in [0.1, 0.15) is 17.5 Å². The molecule has 4 rings (SSSR count). The molecule has 0 bridgehead atoms. The number of nitrogens with zero attached hydrogens (tertiary/aromatic N) is 7. The standard InChI is InChI=1S/C19H22F2N8O/c1-12(17-15(21)7-13(20)9-22-17)24-18-25-16(8-14-10-28(2)11-23-14)26-19(27-18)29-3-5-30-6-4-29/h7,9-12H,3-6,8H2,1-2H3,(H,24,25,26,27)/i2D3. The molecule has 0 spiro atoms. The van der Waals surface area contributed by atoms with Crippen LogP contribution < -0.4 is 10.2 Å². The molecule has 3 aromatic heterocycles. The molecular formula is C19H22F2N8O. The second kappa shape index (κ2) is 8.66. The quantitative estimate of drug-likeness (QED) is 0.647. The first-order chi connectivity index (χ1) is 15.7. The number of anilines is 2. The number of rotatable bonds is 6. The lowest BCUT2D eigenvalue weighted by Crippen LogP contribution is -2.37. The van der Waals surface area contributed by atoms with Crippen LogP contribution in [0.2, 0.25) is 0 Å². The van der Waals surface area contributed by atoms with Gasteiger partial charge in [-0.25, -0.2) is 13.8 Å². The zero-order valence-corrected chi connectivity index (χ0v) is 16.2. The van der Waals surface area contributed by atoms with Crippen molar-refractivity contribution in [1.29, 1.82) is 0 Å². The molecular weight excluding hydrogens is 394 g/mol. The van der Waals surface area contributed by atoms with Gasteiger partial charge in [-0.2, -0.15) is 15.0 Å². The Labute approximate surface area is 176 Å². The minimum Gasteiger partial charge on any atom is -0.378 e. The summed E-state index contributed by atoms with van der Waals surface area (Å²) in [7, 11) is 0. The number of hydrogen-bond acceptors (Lipinski definition) is 8. The first-order valence-electron chi connectivity index (χ1n) is 10.9. The topological polar surface area (TPSA) is 93.9 Å². The van der Waals surface area contributed by atoms with Crippen molar-refractivity contribution in [3.63, 3.8) is 0 Å². The maximum absolute atomic E-state index is 14.2. The molecule has 1 atom stereocenters. The lowest BCUT2D eigenvalue weighted by Gasteiger charge is -2.27. The van der Waals surface area contributed by atoms with Crippen LogP contribution in [0.3, 0.4) is 0 Å². The molecule has 1 fully saturated rings. The van der Waals surface area contributed by atoms with Gasteiger partial charge in [0, 0.05) is 36.4 Å². The molecule has 9 nitrogen and oxygen atoms in total. The summed E-state index contributed by atoms with van der Waals surface area (Å²) in [4.78, 5) is 23.3. The number of aromatic nitrogens is 6. The third kappa shape index (κ3) is 4.67. The van der Waals surface area contributed by atoms with Crippen LogP contribution in [0, 0.1) is 11.6 Å². The molecule has 1 aliphatic rings. The monoisotopic (exact) mass is 419 g/mol. The molecule has 1 N–H and O–H groups in total. The highest BCUT2D eigenvalue weighted by Crippen LogP contribution is 2.21. The van der Waals surface area contributed by atoms with Crippen molar-refractivity contribution in [2.24, 2.45) is 6.98 Å². The van der Waals surface area contributed by atoms with E-state index in [1.54, 1.807) is 6.92 Å². The number of aryl methyl sites for hydroxylation is 1. The predicted molar refractivity (Wildman–Crippen MR) is 105 cm³/mol. The van der Waals surface area contributed by atoms with Gasteiger partial charge in [0.15, 0.2) is 0 Å². The number of halogens is 2. The summed E-state index contributed by atoms with van der Waals surface area (Å²) in [6, 6.07) is 0.105. The Morgan fingerprint density at radius 3 is 2.80 bits per heavy atom. The van der Waals surface area contributed by atoms with Crippen LogP contribution in [0.15, 0.2) is 24.8 Å². The van der Waals surface area contributed by atoms with Crippen molar-refractivity contribution in [2.75, 3.05) is 36.5 Å². The van der Waals surface area contributed by atoms with E-state index >= 15 is 0 Å². The zero-order chi connectivity index (χ0) is 23.6. The molecule has 11 heteroatoms. The van der Waals surface area contributed by atoms with Gasteiger partial charge >= 0.3 is 0 Å². The minimum absolute atomic E-state index is 0.0164. The van der Waals surface area contributed by atoms with Gasteiger partial charge in [-0.05, 0) is 6.92 Å². The van der Waals surface area contributed by atoms with E-state index in [0.29, 0.717) is 43.8 Å². The summed E-state index contributed by atoms with van der Waals surface area (Å²) in [5.74, 6) is -0.620. The summed E-state index contributed by atoms with van der Waals surface area (Å²) >= 11 is 0. The van der Waals surface area contributed by atoms with Crippen LogP contribution >= 0.6 is 0 Å². The molecule has 0 saturated carbocycles. The molecule has 1 aliphatic heterocycles. The second-order valence-electron chi connectivity index (χ2n) is 6.81. The van der Waals surface area contributed by atoms with E-state index in [2.05, 4.69) is 30.2 Å². The fourth-order valence-corrected chi connectivity index (χ4v) is 3.08. The molecule has 3 aromatic rings. The number of nitrogens with one attached hydrogen (secondary N) is 1. The highest BCUT2D eigenvalue weighted by Gasteiger charge is 2.20. The Morgan fingerprint density at radius 1 is 1.23 bits per heavy atom. The van der Waals surface area contributed by atoms with Crippen molar-refractivity contribution in [2.45, 2.75) is 19.4 Å². The molecule has 1 unspecified atom stereocenters. The molecule has 0 radical (unpaired) electrons. The average Bonchev–Trinajstić information content (AvgIpc) is 3.23. The van der Waals surface area contributed by atoms with E-state index in [0.717, 1.165) is 16.8 Å². The minimum atomic E-state index is -2.34. The van der Waals surface area contributed by atoms with Crippen LogP contribution in [-0.2, 0) is 18.1 Å². The van der Waals surface area contributed by atoms with Crippen molar-refractivity contribution in [3.8, 4) is 0 Å². The summed E-state index contributed by atoms with van der Waals surface area (Å²) in [6.45, 7) is 1.53. The highest BCUT2D eigenvalue weighted by atomic mass is 19.1. The molecule has 0 aromatic carbocycles. The van der Waals surface area contributed by atoms with Crippen molar-refractivity contribution in [3.05, 3.63) is 53.6 Å². The van der Waals surface area contributed by atoms with E-state index in [1.165, 1.54) is 12.5 Å². The highest BCUT2D eigenvalue weighted by molar-refractivity contribution is 5.39. The van der Waals surface area contributed by atoms with Crippen LogP contribution in [0.1, 0.15) is 34.3 Å². The van der Waals surface area contributed by atoms with Crippen molar-refractivity contribution in [1.82, 2.24) is 29.5 Å². The van der Waals surface area contributed by atoms with Gasteiger partial charge in [0.2, 0.25) is 11.9 Å². The van der Waals surface area contributed by atoms with E-state index in [9.17, 15) is 8.78 Å². The van der Waals surface area contributed by atoms with Gasteiger partial charge in [-0.3, -0.25) is 4.98 Å². The van der Waals surface area contributed by atoms with Gasteiger partial charge in [0.25, 0.3) is 0 Å². The maximum atomic E-state index is 14.2. The lowest BCUT2D eigenvalue weighted by atomic mass is 10.2. The number of ether oxygens (including phenoxy) is 1. The van der Waals surface area contributed by atoms with Crippen LogP contribution in [-0.4, -0.2) is 55.8 Å². The first-order valence-corrected chi connectivity index (χ1v) is 9.37. The largest absolute Gasteiger partial charge is 0.378 e. The van der Waals surface area contributed by atoms with Gasteiger partial charge in [-0.15, -0.1) is 0 Å². The third-order valence-corrected chi connectivity index (χ3v) is 4.53. The number of hydrogen-bond donors (Lipinski definition) is 1. The molecule has 1 saturated heterocycles. The Kier molecular flexibility index (Phi) is 4.78.